The third kappa shape index (κ3) is 3.33. The molecule has 1 aromatic carbocycles. The van der Waals surface area contributed by atoms with Crippen molar-refractivity contribution < 1.29 is 9.53 Å². The second-order valence-corrected chi connectivity index (χ2v) is 10.4. The highest BCUT2D eigenvalue weighted by atomic mass is 16.5. The second kappa shape index (κ2) is 8.01. The summed E-state index contributed by atoms with van der Waals surface area (Å²) in [5.41, 5.74) is 2.33. The number of nitrogens with zero attached hydrogens (tertiary/aromatic N) is 3. The van der Waals surface area contributed by atoms with E-state index in [9.17, 15) is 9.59 Å². The standard InChI is InChI=1S/C27H33N3O3/c1-28-16-22(26(31)21-9-8-20(33-2)14-24(21)28)27(32)30-11-5-6-17-12-18-13-19(25(17)30)15-29-10-4-3-7-23(18)29/h8-9,12,14,16,18-19,23,25H,3-7,10-11,13,15H2,1-2H3/t18-,19-,23+,25-/m0/s1. The van der Waals surface area contributed by atoms with Gasteiger partial charge in [0, 0.05) is 43.8 Å². The molecule has 3 aliphatic heterocycles. The number of carbonyl (C=O) groups excluding carboxylic acids is 1. The Balaban J connectivity index is 1.37. The molecule has 4 aliphatic rings. The molecular formula is C27H33N3O3. The van der Waals surface area contributed by atoms with Crippen LogP contribution in [-0.2, 0) is 7.05 Å². The first kappa shape index (κ1) is 21.0. The number of aromatic nitrogens is 1. The Morgan fingerprint density at radius 1 is 1.15 bits per heavy atom. The minimum Gasteiger partial charge on any atom is -0.497 e. The van der Waals surface area contributed by atoms with E-state index in [4.69, 9.17) is 4.74 Å². The molecule has 1 aromatic heterocycles. The van der Waals surface area contributed by atoms with Gasteiger partial charge in [0.2, 0.25) is 5.43 Å². The number of methoxy groups -OCH3 is 1. The lowest BCUT2D eigenvalue weighted by molar-refractivity contribution is 0.00142. The summed E-state index contributed by atoms with van der Waals surface area (Å²) < 4.78 is 7.20. The van der Waals surface area contributed by atoms with Gasteiger partial charge in [-0.1, -0.05) is 18.1 Å². The second-order valence-electron chi connectivity index (χ2n) is 10.4. The fourth-order valence-corrected chi connectivity index (χ4v) is 7.10. The van der Waals surface area contributed by atoms with Crippen molar-refractivity contribution in [3.63, 3.8) is 0 Å². The first-order valence-corrected chi connectivity index (χ1v) is 12.5. The molecule has 2 bridgehead atoms. The fourth-order valence-electron chi connectivity index (χ4n) is 7.10. The zero-order chi connectivity index (χ0) is 22.7. The van der Waals surface area contributed by atoms with Gasteiger partial charge in [0.05, 0.1) is 18.7 Å². The number of hydrogen-bond donors (Lipinski definition) is 0. The highest BCUT2D eigenvalue weighted by Crippen LogP contribution is 2.45. The van der Waals surface area contributed by atoms with E-state index in [0.29, 0.717) is 29.0 Å². The lowest BCUT2D eigenvalue weighted by Gasteiger charge is -2.54. The lowest BCUT2D eigenvalue weighted by Crippen LogP contribution is -2.60. The van der Waals surface area contributed by atoms with Crippen LogP contribution in [0.2, 0.25) is 0 Å². The van der Waals surface area contributed by atoms with Gasteiger partial charge in [-0.05, 0) is 62.6 Å². The fraction of sp³-hybridized carbons (Fsp3) is 0.556. The zero-order valence-corrected chi connectivity index (χ0v) is 19.6. The van der Waals surface area contributed by atoms with Crippen molar-refractivity contribution in [3.05, 3.63) is 51.8 Å². The van der Waals surface area contributed by atoms with Crippen molar-refractivity contribution in [1.82, 2.24) is 14.4 Å². The number of pyridine rings is 1. The molecule has 2 aromatic rings. The monoisotopic (exact) mass is 447 g/mol. The number of piperidine rings is 3. The molecule has 4 heterocycles. The first-order valence-electron chi connectivity index (χ1n) is 12.5. The van der Waals surface area contributed by atoms with Crippen molar-refractivity contribution in [1.29, 1.82) is 0 Å². The third-order valence-electron chi connectivity index (χ3n) is 8.55. The van der Waals surface area contributed by atoms with Gasteiger partial charge in [0.1, 0.15) is 11.3 Å². The van der Waals surface area contributed by atoms with Gasteiger partial charge in [-0.25, -0.2) is 0 Å². The minimum atomic E-state index is -0.180. The Morgan fingerprint density at radius 3 is 2.88 bits per heavy atom. The maximum Gasteiger partial charge on any atom is 0.259 e. The Bertz CT molecular complexity index is 1200. The van der Waals surface area contributed by atoms with E-state index >= 15 is 0 Å². The summed E-state index contributed by atoms with van der Waals surface area (Å²) in [5.74, 6) is 1.70. The van der Waals surface area contributed by atoms with Crippen molar-refractivity contribution in [2.75, 3.05) is 26.7 Å². The summed E-state index contributed by atoms with van der Waals surface area (Å²) in [6.07, 6.45) is 11.4. The molecule has 174 valence electrons. The topological polar surface area (TPSA) is 54.8 Å². The van der Waals surface area contributed by atoms with Gasteiger partial charge in [-0.3, -0.25) is 14.5 Å². The Hall–Kier alpha value is -2.60. The van der Waals surface area contributed by atoms with Crippen LogP contribution >= 0.6 is 0 Å². The highest BCUT2D eigenvalue weighted by molar-refractivity contribution is 5.98. The quantitative estimate of drug-likeness (QED) is 0.661. The lowest BCUT2D eigenvalue weighted by atomic mass is 9.68. The third-order valence-corrected chi connectivity index (χ3v) is 8.55. The molecular weight excluding hydrogens is 414 g/mol. The van der Waals surface area contributed by atoms with Crippen LogP contribution in [-0.4, -0.2) is 59.1 Å². The SMILES string of the molecule is COc1ccc2c(=O)c(C(=O)N3CCCC4=C[C@H]5C[C@@H](CN6CCCC[C@H]56)[C@H]43)cn(C)c2c1. The van der Waals surface area contributed by atoms with Crippen LogP contribution in [0.15, 0.2) is 40.8 Å². The van der Waals surface area contributed by atoms with Gasteiger partial charge >= 0.3 is 0 Å². The number of likely N-dealkylation sites (tertiary alicyclic amines) is 1. The number of aryl methyl sites for hydroxylation is 1. The van der Waals surface area contributed by atoms with Gasteiger partial charge < -0.3 is 14.2 Å². The van der Waals surface area contributed by atoms with Crippen LogP contribution in [0.1, 0.15) is 48.9 Å². The molecule has 0 radical (unpaired) electrons. The number of rotatable bonds is 2. The molecule has 0 spiro atoms. The van der Waals surface area contributed by atoms with E-state index in [1.54, 1.807) is 25.4 Å². The molecule has 0 saturated carbocycles. The predicted molar refractivity (Wildman–Crippen MR) is 129 cm³/mol. The van der Waals surface area contributed by atoms with Gasteiger partial charge in [-0.15, -0.1) is 0 Å². The zero-order valence-electron chi connectivity index (χ0n) is 19.6. The number of carbonyl (C=O) groups is 1. The van der Waals surface area contributed by atoms with Gasteiger partial charge in [-0.2, -0.15) is 0 Å². The normalized spacial score (nSPS) is 29.3. The van der Waals surface area contributed by atoms with Crippen LogP contribution in [0.4, 0.5) is 0 Å². The molecule has 6 heteroatoms. The smallest absolute Gasteiger partial charge is 0.259 e. The van der Waals surface area contributed by atoms with E-state index in [-0.39, 0.29) is 22.9 Å². The van der Waals surface area contributed by atoms with Crippen molar-refractivity contribution in [3.8, 4) is 5.75 Å². The molecule has 0 N–H and O–H groups in total. The Labute approximate surface area is 194 Å². The molecule has 1 amide bonds. The molecule has 0 unspecified atom stereocenters. The van der Waals surface area contributed by atoms with E-state index in [0.717, 1.165) is 31.4 Å². The van der Waals surface area contributed by atoms with Crippen LogP contribution in [0.25, 0.3) is 10.9 Å². The maximum absolute atomic E-state index is 13.9. The highest BCUT2D eigenvalue weighted by Gasteiger charge is 2.47. The van der Waals surface area contributed by atoms with Crippen molar-refractivity contribution >= 4 is 16.8 Å². The summed E-state index contributed by atoms with van der Waals surface area (Å²) in [6.45, 7) is 3.01. The maximum atomic E-state index is 13.9. The van der Waals surface area contributed by atoms with Gasteiger partial charge in [0.15, 0.2) is 0 Å². The average molecular weight is 448 g/mol. The van der Waals surface area contributed by atoms with E-state index in [1.165, 1.54) is 37.8 Å². The largest absolute Gasteiger partial charge is 0.497 e. The Kier molecular flexibility index (Phi) is 5.09. The molecule has 6 nitrogen and oxygen atoms in total. The van der Waals surface area contributed by atoms with Gasteiger partial charge in [0.25, 0.3) is 5.91 Å². The molecule has 3 saturated heterocycles. The van der Waals surface area contributed by atoms with E-state index in [2.05, 4.69) is 11.0 Å². The summed E-state index contributed by atoms with van der Waals surface area (Å²) in [7, 11) is 3.51. The van der Waals surface area contributed by atoms with E-state index in [1.807, 2.05) is 22.6 Å². The minimum absolute atomic E-state index is 0.108. The molecule has 33 heavy (non-hydrogen) atoms. The predicted octanol–water partition coefficient (Wildman–Crippen LogP) is 3.58. The van der Waals surface area contributed by atoms with Crippen molar-refractivity contribution in [2.24, 2.45) is 18.9 Å². The summed E-state index contributed by atoms with van der Waals surface area (Å²) >= 11 is 0. The van der Waals surface area contributed by atoms with Crippen LogP contribution in [0.5, 0.6) is 5.75 Å². The summed E-state index contributed by atoms with van der Waals surface area (Å²) in [4.78, 5) is 32.0. The first-order chi connectivity index (χ1) is 16.0. The Morgan fingerprint density at radius 2 is 2.03 bits per heavy atom. The van der Waals surface area contributed by atoms with Crippen molar-refractivity contribution in [2.45, 2.75) is 50.6 Å². The molecule has 3 fully saturated rings. The van der Waals surface area contributed by atoms with Crippen LogP contribution in [0.3, 0.4) is 0 Å². The number of fused-ring (bicyclic) bond motifs is 7. The molecule has 4 atom stereocenters. The average Bonchev–Trinajstić information content (AvgIpc) is 2.85. The van der Waals surface area contributed by atoms with Crippen LogP contribution < -0.4 is 10.2 Å². The molecule has 6 rings (SSSR count). The molecule has 1 aliphatic carbocycles. The summed E-state index contributed by atoms with van der Waals surface area (Å²) in [5, 5.41) is 0.564. The number of benzene rings is 1. The number of ether oxygens (including phenoxy) is 1. The van der Waals surface area contributed by atoms with E-state index < -0.39 is 0 Å². The summed E-state index contributed by atoms with van der Waals surface area (Å²) in [6, 6.07) is 6.25. The number of amides is 1. The van der Waals surface area contributed by atoms with Crippen LogP contribution in [0, 0.1) is 11.8 Å². The number of hydrogen-bond acceptors (Lipinski definition) is 4.